The lowest BCUT2D eigenvalue weighted by atomic mass is 9.86. The molecule has 1 heterocycles. The minimum absolute atomic E-state index is 0.0127. The van der Waals surface area contributed by atoms with E-state index in [1.54, 1.807) is 6.92 Å². The fourth-order valence-corrected chi connectivity index (χ4v) is 4.00. The number of unbranched alkanes of at least 4 members (excludes halogenated alkanes) is 2. The van der Waals surface area contributed by atoms with Gasteiger partial charge >= 0.3 is 0 Å². The Morgan fingerprint density at radius 2 is 1.55 bits per heavy atom. The first-order chi connectivity index (χ1) is 15.9. The van der Waals surface area contributed by atoms with E-state index in [9.17, 15) is 4.79 Å². The van der Waals surface area contributed by atoms with E-state index in [1.165, 1.54) is 51.7 Å². The lowest BCUT2D eigenvalue weighted by Gasteiger charge is -2.21. The summed E-state index contributed by atoms with van der Waals surface area (Å²) in [5.41, 5.74) is 0.298. The molecule has 0 aliphatic carbocycles. The van der Waals surface area contributed by atoms with Crippen LogP contribution < -0.4 is 5.32 Å². The molecule has 0 aromatic carbocycles. The minimum Gasteiger partial charge on any atom is -0.394 e. The molecule has 4 nitrogen and oxygen atoms in total. The maximum Gasteiger partial charge on any atom is 0.220 e. The highest BCUT2D eigenvalue weighted by molar-refractivity contribution is 5.76. The van der Waals surface area contributed by atoms with Gasteiger partial charge in [-0.25, -0.2) is 0 Å². The Kier molecular flexibility index (Phi) is 16.7. The third-order valence-electron chi connectivity index (χ3n) is 6.09. The van der Waals surface area contributed by atoms with Crippen LogP contribution >= 0.6 is 0 Å². The third-order valence-corrected chi connectivity index (χ3v) is 6.09. The van der Waals surface area contributed by atoms with Crippen LogP contribution in [0.4, 0.5) is 0 Å². The van der Waals surface area contributed by atoms with Crippen molar-refractivity contribution in [3.63, 3.8) is 0 Å². The van der Waals surface area contributed by atoms with Gasteiger partial charge in [-0.1, -0.05) is 68.9 Å². The van der Waals surface area contributed by atoms with Crippen molar-refractivity contribution >= 4 is 5.91 Å². The third kappa shape index (κ3) is 17.5. The van der Waals surface area contributed by atoms with Crippen LogP contribution in [0.25, 0.3) is 0 Å². The van der Waals surface area contributed by atoms with Crippen molar-refractivity contribution in [2.45, 2.75) is 97.4 Å². The molecule has 0 aromatic rings. The number of carbonyl (C=O) groups excluding carboxylic acids is 1. The molecule has 1 rings (SSSR count). The lowest BCUT2D eigenvalue weighted by Crippen LogP contribution is -2.34. The van der Waals surface area contributed by atoms with Gasteiger partial charge in [-0.2, -0.15) is 0 Å². The molecular weight excluding hydrogens is 408 g/mol. The molecule has 0 saturated carbocycles. The van der Waals surface area contributed by atoms with E-state index in [-0.39, 0.29) is 18.6 Å². The Labute approximate surface area is 203 Å². The Hall–Kier alpha value is -1.65. The molecule has 1 fully saturated rings. The summed E-state index contributed by atoms with van der Waals surface area (Å²) in [4.78, 5) is 14.2. The molecule has 0 spiro atoms. The van der Waals surface area contributed by atoms with E-state index in [4.69, 9.17) is 5.11 Å². The van der Waals surface area contributed by atoms with Crippen molar-refractivity contribution in [3.8, 4) is 0 Å². The van der Waals surface area contributed by atoms with Crippen molar-refractivity contribution in [2.24, 2.45) is 5.41 Å². The first-order valence-electron chi connectivity index (χ1n) is 13.2. The maximum atomic E-state index is 11.6. The summed E-state index contributed by atoms with van der Waals surface area (Å²) < 4.78 is 0. The van der Waals surface area contributed by atoms with Gasteiger partial charge in [-0.15, -0.1) is 0 Å². The number of carbonyl (C=O) groups is 1. The molecule has 188 valence electrons. The second-order valence-electron chi connectivity index (χ2n) is 10.1. The van der Waals surface area contributed by atoms with Crippen molar-refractivity contribution < 1.29 is 9.90 Å². The molecule has 1 saturated heterocycles. The van der Waals surface area contributed by atoms with Crippen LogP contribution in [0.3, 0.4) is 0 Å². The van der Waals surface area contributed by atoms with E-state index in [0.717, 1.165) is 32.1 Å². The van der Waals surface area contributed by atoms with Gasteiger partial charge < -0.3 is 15.3 Å². The van der Waals surface area contributed by atoms with Gasteiger partial charge in [0.2, 0.25) is 5.91 Å². The Morgan fingerprint density at radius 3 is 2.18 bits per heavy atom. The molecule has 0 unspecified atom stereocenters. The number of hydrogen-bond donors (Lipinski definition) is 2. The van der Waals surface area contributed by atoms with Crippen LogP contribution in [0.5, 0.6) is 0 Å². The summed E-state index contributed by atoms with van der Waals surface area (Å²) in [7, 11) is 0. The average Bonchev–Trinajstić information content (AvgIpc) is 3.30. The van der Waals surface area contributed by atoms with Crippen LogP contribution in [0.2, 0.25) is 0 Å². The van der Waals surface area contributed by atoms with Crippen molar-refractivity contribution in [1.29, 1.82) is 0 Å². The SMILES string of the molecule is C[C@H](CO)NC(=O)CCCC=CCC=CCC=CCC=CC(C)(C)CCCCN1CCCC1. The molecular formula is C29H50N2O2. The summed E-state index contributed by atoms with van der Waals surface area (Å²) in [5.74, 6) is 0.0166. The van der Waals surface area contributed by atoms with Crippen molar-refractivity contribution in [3.05, 3.63) is 48.6 Å². The molecule has 1 amide bonds. The molecule has 0 aromatic heterocycles. The molecule has 1 aliphatic rings. The topological polar surface area (TPSA) is 52.6 Å². The molecule has 33 heavy (non-hydrogen) atoms. The fourth-order valence-electron chi connectivity index (χ4n) is 4.00. The Morgan fingerprint density at radius 1 is 0.939 bits per heavy atom. The normalized spacial score (nSPS) is 16.7. The van der Waals surface area contributed by atoms with Crippen LogP contribution in [-0.4, -0.2) is 48.2 Å². The number of amides is 1. The van der Waals surface area contributed by atoms with Crippen LogP contribution in [0.1, 0.15) is 91.4 Å². The van der Waals surface area contributed by atoms with Gasteiger partial charge in [-0.3, -0.25) is 4.79 Å². The van der Waals surface area contributed by atoms with E-state index >= 15 is 0 Å². The van der Waals surface area contributed by atoms with Gasteiger partial charge in [0.25, 0.3) is 0 Å². The number of aliphatic hydroxyl groups is 1. The molecule has 0 bridgehead atoms. The molecule has 1 aliphatic heterocycles. The Bertz CT molecular complexity index is 613. The monoisotopic (exact) mass is 458 g/mol. The van der Waals surface area contributed by atoms with Crippen LogP contribution in [-0.2, 0) is 4.79 Å². The Balaban J connectivity index is 2.00. The predicted octanol–water partition coefficient (Wildman–Crippen LogP) is 6.34. The van der Waals surface area contributed by atoms with Gasteiger partial charge in [0.1, 0.15) is 0 Å². The number of rotatable bonds is 18. The highest BCUT2D eigenvalue weighted by Crippen LogP contribution is 2.25. The van der Waals surface area contributed by atoms with Crippen molar-refractivity contribution in [1.82, 2.24) is 10.2 Å². The molecule has 4 heteroatoms. The summed E-state index contributed by atoms with van der Waals surface area (Å²) in [5, 5.41) is 11.7. The van der Waals surface area contributed by atoms with Gasteiger partial charge in [-0.05, 0) is 89.8 Å². The highest BCUT2D eigenvalue weighted by atomic mass is 16.3. The predicted molar refractivity (Wildman–Crippen MR) is 142 cm³/mol. The number of hydrogen-bond acceptors (Lipinski definition) is 3. The number of likely N-dealkylation sites (tertiary alicyclic amines) is 1. The number of nitrogens with zero attached hydrogens (tertiary/aromatic N) is 1. The maximum absolute atomic E-state index is 11.6. The molecule has 2 N–H and O–H groups in total. The second-order valence-corrected chi connectivity index (χ2v) is 10.1. The van der Waals surface area contributed by atoms with Crippen molar-refractivity contribution in [2.75, 3.05) is 26.2 Å². The first-order valence-corrected chi connectivity index (χ1v) is 13.2. The largest absolute Gasteiger partial charge is 0.394 e. The van der Waals surface area contributed by atoms with Gasteiger partial charge in [0.15, 0.2) is 0 Å². The zero-order chi connectivity index (χ0) is 24.2. The zero-order valence-corrected chi connectivity index (χ0v) is 21.6. The van der Waals surface area contributed by atoms with Crippen LogP contribution in [0.15, 0.2) is 48.6 Å². The summed E-state index contributed by atoms with van der Waals surface area (Å²) in [6, 6.07) is -0.158. The summed E-state index contributed by atoms with van der Waals surface area (Å²) in [6.45, 7) is 10.4. The van der Waals surface area contributed by atoms with Gasteiger partial charge in [0, 0.05) is 12.5 Å². The smallest absolute Gasteiger partial charge is 0.220 e. The number of nitrogens with one attached hydrogen (secondary N) is 1. The molecule has 0 radical (unpaired) electrons. The van der Waals surface area contributed by atoms with E-state index in [2.05, 4.69) is 72.7 Å². The number of allylic oxidation sites excluding steroid dienone is 8. The lowest BCUT2D eigenvalue weighted by molar-refractivity contribution is -0.122. The quantitative estimate of drug-likeness (QED) is 0.186. The zero-order valence-electron chi connectivity index (χ0n) is 21.6. The summed E-state index contributed by atoms with van der Waals surface area (Å²) >= 11 is 0. The fraction of sp³-hybridized carbons (Fsp3) is 0.690. The summed E-state index contributed by atoms with van der Waals surface area (Å²) in [6.07, 6.45) is 29.8. The molecule has 1 atom stereocenters. The number of aliphatic hydroxyl groups excluding tert-OH is 1. The minimum atomic E-state index is -0.158. The average molecular weight is 459 g/mol. The van der Waals surface area contributed by atoms with Gasteiger partial charge in [0.05, 0.1) is 6.61 Å². The van der Waals surface area contributed by atoms with Crippen LogP contribution in [0, 0.1) is 5.41 Å². The van der Waals surface area contributed by atoms with E-state index < -0.39 is 0 Å². The first kappa shape index (κ1) is 29.4. The standard InChI is InChI=1S/C29H50N2O2/c1-27(26-32)30-28(33)20-14-12-10-8-6-4-5-7-9-11-13-15-21-29(2,3)22-16-17-23-31-24-18-19-25-31/h4-5,8-11,15,21,27,32H,6-7,12-14,16-20,22-26H2,1-3H3,(H,30,33)/t27-/m1/s1. The highest BCUT2D eigenvalue weighted by Gasteiger charge is 2.14. The van der Waals surface area contributed by atoms with E-state index in [0.29, 0.717) is 11.8 Å². The van der Waals surface area contributed by atoms with E-state index in [1.807, 2.05) is 0 Å². The second kappa shape index (κ2) is 18.7.